The molecule has 3 amide bonds. The number of hydrogen-bond donors (Lipinski definition) is 1. The average Bonchev–Trinajstić information content (AvgIpc) is 3.66. The van der Waals surface area contributed by atoms with Gasteiger partial charge in [0.1, 0.15) is 5.60 Å². The monoisotopic (exact) mass is 711 g/mol. The molecule has 8 aliphatic rings. The topological polar surface area (TPSA) is 88.7 Å². The van der Waals surface area contributed by atoms with Gasteiger partial charge in [0.2, 0.25) is 11.8 Å². The highest BCUT2D eigenvalue weighted by atomic mass is 16.6. The van der Waals surface area contributed by atoms with Gasteiger partial charge in [-0.3, -0.25) is 9.59 Å². The van der Waals surface area contributed by atoms with Crippen LogP contribution in [-0.2, 0) is 14.3 Å². The minimum Gasteiger partial charge on any atom is -0.444 e. The Balaban J connectivity index is 0.000000165. The number of nitrogens with one attached hydrogen (secondary N) is 1. The van der Waals surface area contributed by atoms with Crippen molar-refractivity contribution in [1.29, 1.82) is 0 Å². The maximum absolute atomic E-state index is 12.7. The molecule has 8 fully saturated rings. The van der Waals surface area contributed by atoms with Crippen LogP contribution in [-0.4, -0.2) is 137 Å². The number of carbonyl (C=O) groups is 3. The van der Waals surface area contributed by atoms with E-state index in [1.165, 1.54) is 103 Å². The smallest absolute Gasteiger partial charge is 0.410 e. The molecule has 1 N–H and O–H groups in total. The third-order valence-electron chi connectivity index (χ3n) is 14.1. The molecule has 8 rings (SSSR count). The van der Waals surface area contributed by atoms with Crippen molar-refractivity contribution in [2.75, 3.05) is 52.4 Å². The first kappa shape index (κ1) is 37.4. The number of piperidine rings is 4. The molecule has 0 radical (unpaired) electrons. The number of likely N-dealkylation sites (tertiary alicyclic amines) is 5. The van der Waals surface area contributed by atoms with Gasteiger partial charge in [0.25, 0.3) is 0 Å². The number of rotatable bonds is 4. The van der Waals surface area contributed by atoms with Gasteiger partial charge in [-0.25, -0.2) is 4.79 Å². The quantitative estimate of drug-likeness (QED) is 0.405. The van der Waals surface area contributed by atoms with Crippen molar-refractivity contribution in [2.45, 2.75) is 178 Å². The van der Waals surface area contributed by atoms with Gasteiger partial charge >= 0.3 is 6.09 Å². The Kier molecular flexibility index (Phi) is 12.2. The first-order valence-electron chi connectivity index (χ1n) is 21.4. The third kappa shape index (κ3) is 8.91. The lowest BCUT2D eigenvalue weighted by molar-refractivity contribution is -0.133. The Morgan fingerprint density at radius 2 is 0.980 bits per heavy atom. The Bertz CT molecular complexity index is 1180. The van der Waals surface area contributed by atoms with Gasteiger partial charge in [-0.2, -0.15) is 0 Å². The SMILES string of the molecule is CC(C)(C)OC(=O)N1CCC(N2CCC(N3C(=O)C[C@@H]4CCCC[C@H]43)CC2)CC1.O=C1C[C@@H]2CCCC[C@H]2N1C1CCN(C2CCNCC2)CC1. The molecule has 51 heavy (non-hydrogen) atoms. The van der Waals surface area contributed by atoms with E-state index in [1.54, 1.807) is 0 Å². The Labute approximate surface area is 308 Å². The van der Waals surface area contributed by atoms with Crippen molar-refractivity contribution >= 4 is 17.9 Å². The molecular weight excluding hydrogens is 640 g/mol. The van der Waals surface area contributed by atoms with Crippen LogP contribution in [0.1, 0.15) is 136 Å². The Hall–Kier alpha value is -1.91. The molecule has 288 valence electrons. The average molecular weight is 711 g/mol. The summed E-state index contributed by atoms with van der Waals surface area (Å²) < 4.78 is 5.52. The first-order chi connectivity index (χ1) is 24.6. The number of carbonyl (C=O) groups excluding carboxylic acids is 3. The maximum atomic E-state index is 12.7. The van der Waals surface area contributed by atoms with E-state index in [9.17, 15) is 14.4 Å². The fourth-order valence-corrected chi connectivity index (χ4v) is 11.5. The summed E-state index contributed by atoms with van der Waals surface area (Å²) in [6.45, 7) is 14.3. The lowest BCUT2D eigenvalue weighted by Crippen LogP contribution is -2.53. The van der Waals surface area contributed by atoms with Crippen LogP contribution in [0.3, 0.4) is 0 Å². The molecule has 4 atom stereocenters. The summed E-state index contributed by atoms with van der Waals surface area (Å²) in [6, 6.07) is 3.47. The van der Waals surface area contributed by atoms with Gasteiger partial charge < -0.3 is 34.6 Å². The second-order valence-electron chi connectivity index (χ2n) is 18.4. The minimum atomic E-state index is -0.430. The summed E-state index contributed by atoms with van der Waals surface area (Å²) in [5.74, 6) is 2.21. The predicted molar refractivity (Wildman–Crippen MR) is 200 cm³/mol. The molecule has 0 unspecified atom stereocenters. The van der Waals surface area contributed by atoms with Crippen molar-refractivity contribution < 1.29 is 19.1 Å². The number of amides is 3. The number of ether oxygens (including phenoxy) is 1. The molecule has 6 heterocycles. The van der Waals surface area contributed by atoms with Gasteiger partial charge in [0.05, 0.1) is 0 Å². The molecular formula is C41H70N6O4. The van der Waals surface area contributed by atoms with E-state index >= 15 is 0 Å². The lowest BCUT2D eigenvalue weighted by Gasteiger charge is -2.45. The summed E-state index contributed by atoms with van der Waals surface area (Å²) in [5.41, 5.74) is -0.430. The molecule has 10 heteroatoms. The molecule has 0 aromatic heterocycles. The van der Waals surface area contributed by atoms with E-state index in [4.69, 9.17) is 4.74 Å². The molecule has 2 saturated carbocycles. The van der Waals surface area contributed by atoms with E-state index in [0.717, 1.165) is 70.7 Å². The van der Waals surface area contributed by atoms with Crippen molar-refractivity contribution in [3.05, 3.63) is 0 Å². The summed E-state index contributed by atoms with van der Waals surface area (Å²) in [4.78, 5) is 49.3. The highest BCUT2D eigenvalue weighted by Crippen LogP contribution is 2.41. The number of nitrogens with zero attached hydrogens (tertiary/aromatic N) is 5. The highest BCUT2D eigenvalue weighted by molar-refractivity contribution is 5.80. The zero-order valence-electron chi connectivity index (χ0n) is 32.4. The zero-order chi connectivity index (χ0) is 35.5. The van der Waals surface area contributed by atoms with Crippen LogP contribution in [0.5, 0.6) is 0 Å². The van der Waals surface area contributed by atoms with Crippen molar-refractivity contribution in [1.82, 2.24) is 29.8 Å². The largest absolute Gasteiger partial charge is 0.444 e. The van der Waals surface area contributed by atoms with Crippen LogP contribution < -0.4 is 5.32 Å². The maximum Gasteiger partial charge on any atom is 0.410 e. The Morgan fingerprint density at radius 1 is 0.569 bits per heavy atom. The molecule has 0 spiro atoms. The van der Waals surface area contributed by atoms with E-state index in [0.29, 0.717) is 53.9 Å². The number of hydrogen-bond acceptors (Lipinski definition) is 7. The van der Waals surface area contributed by atoms with Crippen LogP contribution in [0.4, 0.5) is 4.79 Å². The molecule has 0 aromatic rings. The van der Waals surface area contributed by atoms with Crippen molar-refractivity contribution in [3.8, 4) is 0 Å². The van der Waals surface area contributed by atoms with Gasteiger partial charge in [-0.15, -0.1) is 0 Å². The third-order valence-corrected chi connectivity index (χ3v) is 14.1. The van der Waals surface area contributed by atoms with E-state index in [2.05, 4.69) is 24.9 Å². The van der Waals surface area contributed by atoms with Crippen LogP contribution in [0, 0.1) is 11.8 Å². The normalized spacial score (nSPS) is 32.8. The molecule has 6 aliphatic heterocycles. The zero-order valence-corrected chi connectivity index (χ0v) is 32.4. The van der Waals surface area contributed by atoms with E-state index in [1.807, 2.05) is 25.7 Å². The summed E-state index contributed by atoms with van der Waals surface area (Å²) in [6.07, 6.45) is 21.1. The van der Waals surface area contributed by atoms with Crippen LogP contribution in [0.2, 0.25) is 0 Å². The second kappa shape index (κ2) is 16.6. The minimum absolute atomic E-state index is 0.177. The molecule has 0 bridgehead atoms. The molecule has 0 aromatic carbocycles. The first-order valence-corrected chi connectivity index (χ1v) is 21.4. The lowest BCUT2D eigenvalue weighted by atomic mass is 9.84. The van der Waals surface area contributed by atoms with Crippen LogP contribution in [0.15, 0.2) is 0 Å². The standard InChI is InChI=1S/C23H39N3O3.C18H31N3O/c1-23(2,3)29-22(28)25-14-8-18(9-15-25)24-12-10-19(11-13-24)26-20-7-5-4-6-17(20)16-21(26)27;22-18-13-14-3-1-2-4-17(14)21(18)16-7-11-20(12-8-16)15-5-9-19-10-6-15/h17-20H,4-16H2,1-3H3;14-17,19H,1-13H2/t17-,20+;14-,17+/m00/s1. The molecule has 2 aliphatic carbocycles. The number of fused-ring (bicyclic) bond motifs is 2. The second-order valence-corrected chi connectivity index (χ2v) is 18.4. The summed E-state index contributed by atoms with van der Waals surface area (Å²) in [7, 11) is 0. The van der Waals surface area contributed by atoms with Crippen LogP contribution >= 0.6 is 0 Å². The van der Waals surface area contributed by atoms with Gasteiger partial charge in [0.15, 0.2) is 0 Å². The van der Waals surface area contributed by atoms with Crippen LogP contribution in [0.25, 0.3) is 0 Å². The summed E-state index contributed by atoms with van der Waals surface area (Å²) in [5, 5.41) is 3.46. The summed E-state index contributed by atoms with van der Waals surface area (Å²) >= 11 is 0. The van der Waals surface area contributed by atoms with E-state index < -0.39 is 5.60 Å². The van der Waals surface area contributed by atoms with Crippen molar-refractivity contribution in [2.24, 2.45) is 11.8 Å². The predicted octanol–water partition coefficient (Wildman–Crippen LogP) is 5.64. The van der Waals surface area contributed by atoms with Gasteiger partial charge in [0, 0.05) is 88.4 Å². The fraction of sp³-hybridized carbons (Fsp3) is 0.927. The molecule has 6 saturated heterocycles. The van der Waals surface area contributed by atoms with Gasteiger partial charge in [-0.1, -0.05) is 25.7 Å². The molecule has 10 nitrogen and oxygen atoms in total. The Morgan fingerprint density at radius 3 is 1.43 bits per heavy atom. The van der Waals surface area contributed by atoms with Crippen molar-refractivity contribution in [3.63, 3.8) is 0 Å². The van der Waals surface area contributed by atoms with E-state index in [-0.39, 0.29) is 6.09 Å². The highest BCUT2D eigenvalue weighted by Gasteiger charge is 2.46. The fourth-order valence-electron chi connectivity index (χ4n) is 11.5. The van der Waals surface area contributed by atoms with Gasteiger partial charge in [-0.05, 0) is 123 Å².